The Balaban J connectivity index is 1.26. The monoisotopic (exact) mass is 484 g/mol. The molecule has 0 aromatic heterocycles. The highest BCUT2D eigenvalue weighted by atomic mass is 35.5. The molecule has 0 heterocycles. The van der Waals surface area contributed by atoms with Gasteiger partial charge in [-0.25, -0.2) is 5.43 Å². The van der Waals surface area contributed by atoms with Crippen molar-refractivity contribution in [1.82, 2.24) is 5.43 Å². The lowest BCUT2D eigenvalue weighted by Gasteiger charge is -2.08. The van der Waals surface area contributed by atoms with Gasteiger partial charge in [0.2, 0.25) is 0 Å². The molecule has 35 heavy (non-hydrogen) atoms. The van der Waals surface area contributed by atoms with Crippen LogP contribution in [0.25, 0.3) is 0 Å². The number of ether oxygens (including phenoxy) is 2. The SMILES string of the molecule is Cc1ccc(COc2ccc(C(=O)N/N=C\c3cccc(OCc4ccc(Cl)cc4)c3)cc2)cc1. The van der Waals surface area contributed by atoms with E-state index in [0.717, 1.165) is 16.7 Å². The summed E-state index contributed by atoms with van der Waals surface area (Å²) >= 11 is 5.91. The predicted molar refractivity (Wildman–Crippen MR) is 139 cm³/mol. The van der Waals surface area contributed by atoms with Gasteiger partial charge >= 0.3 is 0 Å². The van der Waals surface area contributed by atoms with Crippen molar-refractivity contribution in [2.75, 3.05) is 0 Å². The molecular formula is C29H25ClN2O3. The third-order valence-electron chi connectivity index (χ3n) is 5.20. The Morgan fingerprint density at radius 2 is 1.46 bits per heavy atom. The highest BCUT2D eigenvalue weighted by Crippen LogP contribution is 2.17. The summed E-state index contributed by atoms with van der Waals surface area (Å²) in [5.41, 5.74) is 7.16. The summed E-state index contributed by atoms with van der Waals surface area (Å²) in [4.78, 5) is 12.4. The van der Waals surface area contributed by atoms with Gasteiger partial charge in [-0.1, -0.05) is 65.7 Å². The molecule has 4 aromatic carbocycles. The summed E-state index contributed by atoms with van der Waals surface area (Å²) < 4.78 is 11.6. The summed E-state index contributed by atoms with van der Waals surface area (Å²) in [5, 5.41) is 4.76. The van der Waals surface area contributed by atoms with Gasteiger partial charge in [0.05, 0.1) is 6.21 Å². The fourth-order valence-corrected chi connectivity index (χ4v) is 3.34. The largest absolute Gasteiger partial charge is 0.489 e. The smallest absolute Gasteiger partial charge is 0.271 e. The van der Waals surface area contributed by atoms with E-state index in [2.05, 4.69) is 22.7 Å². The number of hydrogen-bond donors (Lipinski definition) is 1. The number of nitrogens with zero attached hydrogens (tertiary/aromatic N) is 1. The molecule has 1 amide bonds. The normalized spacial score (nSPS) is 10.8. The molecule has 0 radical (unpaired) electrons. The maximum Gasteiger partial charge on any atom is 0.271 e. The van der Waals surface area contributed by atoms with E-state index in [1.165, 1.54) is 5.56 Å². The van der Waals surface area contributed by atoms with Gasteiger partial charge in [-0.15, -0.1) is 0 Å². The quantitative estimate of drug-likeness (QED) is 0.216. The number of rotatable bonds is 9. The lowest BCUT2D eigenvalue weighted by Crippen LogP contribution is -2.17. The Morgan fingerprint density at radius 1 is 0.829 bits per heavy atom. The van der Waals surface area contributed by atoms with Crippen LogP contribution in [0.5, 0.6) is 11.5 Å². The zero-order valence-corrected chi connectivity index (χ0v) is 20.0. The number of hydrogen-bond acceptors (Lipinski definition) is 4. The van der Waals surface area contributed by atoms with Gasteiger partial charge in [0.15, 0.2) is 0 Å². The van der Waals surface area contributed by atoms with Crippen LogP contribution < -0.4 is 14.9 Å². The molecule has 1 N–H and O–H groups in total. The van der Waals surface area contributed by atoms with E-state index in [0.29, 0.717) is 35.3 Å². The van der Waals surface area contributed by atoms with Crippen molar-refractivity contribution in [1.29, 1.82) is 0 Å². The topological polar surface area (TPSA) is 59.9 Å². The van der Waals surface area contributed by atoms with Crippen molar-refractivity contribution in [3.63, 3.8) is 0 Å². The fraction of sp³-hybridized carbons (Fsp3) is 0.103. The van der Waals surface area contributed by atoms with Crippen LogP contribution in [0.4, 0.5) is 0 Å². The van der Waals surface area contributed by atoms with Gasteiger partial charge in [0.1, 0.15) is 24.7 Å². The van der Waals surface area contributed by atoms with Crippen molar-refractivity contribution in [3.05, 3.63) is 130 Å². The second kappa shape index (κ2) is 11.9. The highest BCUT2D eigenvalue weighted by Gasteiger charge is 2.05. The van der Waals surface area contributed by atoms with Crippen molar-refractivity contribution < 1.29 is 14.3 Å². The van der Waals surface area contributed by atoms with Crippen LogP contribution in [0.3, 0.4) is 0 Å². The number of carbonyl (C=O) groups excluding carboxylic acids is 1. The Labute approximate surface area is 210 Å². The van der Waals surface area contributed by atoms with Gasteiger partial charge < -0.3 is 9.47 Å². The number of aryl methyl sites for hydroxylation is 1. The maximum absolute atomic E-state index is 12.4. The van der Waals surface area contributed by atoms with Crippen LogP contribution in [0, 0.1) is 6.92 Å². The van der Waals surface area contributed by atoms with Gasteiger partial charge in [-0.2, -0.15) is 5.10 Å². The fourth-order valence-electron chi connectivity index (χ4n) is 3.22. The van der Waals surface area contributed by atoms with Gasteiger partial charge in [0, 0.05) is 10.6 Å². The van der Waals surface area contributed by atoms with Crippen molar-refractivity contribution in [2.45, 2.75) is 20.1 Å². The summed E-state index contributed by atoms with van der Waals surface area (Å²) in [6.45, 7) is 2.95. The first kappa shape index (κ1) is 24.0. The summed E-state index contributed by atoms with van der Waals surface area (Å²) in [5.74, 6) is 1.10. The summed E-state index contributed by atoms with van der Waals surface area (Å²) in [7, 11) is 0. The molecule has 0 atom stereocenters. The van der Waals surface area contributed by atoms with E-state index in [9.17, 15) is 4.79 Å². The summed E-state index contributed by atoms with van der Waals surface area (Å²) in [6.07, 6.45) is 1.58. The first-order valence-electron chi connectivity index (χ1n) is 11.1. The first-order valence-corrected chi connectivity index (χ1v) is 11.5. The van der Waals surface area contributed by atoms with Gasteiger partial charge in [-0.05, 0) is 72.1 Å². The molecule has 6 heteroatoms. The van der Waals surface area contributed by atoms with E-state index in [1.807, 2.05) is 67.6 Å². The molecule has 0 spiro atoms. The molecule has 0 saturated heterocycles. The van der Waals surface area contributed by atoms with E-state index in [-0.39, 0.29) is 5.91 Å². The molecule has 0 unspecified atom stereocenters. The van der Waals surface area contributed by atoms with Crippen LogP contribution in [-0.4, -0.2) is 12.1 Å². The molecule has 0 fully saturated rings. The van der Waals surface area contributed by atoms with Gasteiger partial charge in [-0.3, -0.25) is 4.79 Å². The third kappa shape index (κ3) is 7.45. The molecule has 176 valence electrons. The second-order valence-corrected chi connectivity index (χ2v) is 8.42. The van der Waals surface area contributed by atoms with Crippen molar-refractivity contribution >= 4 is 23.7 Å². The minimum absolute atomic E-state index is 0.304. The van der Waals surface area contributed by atoms with Crippen LogP contribution in [0.15, 0.2) is 102 Å². The van der Waals surface area contributed by atoms with Crippen LogP contribution >= 0.6 is 11.6 Å². The standard InChI is InChI=1S/C29H25ClN2O3/c1-21-5-7-22(8-6-21)19-34-27-15-11-25(12-16-27)29(33)32-31-18-24-3-2-4-28(17-24)35-20-23-9-13-26(30)14-10-23/h2-18H,19-20H2,1H3,(H,32,33)/b31-18-. The van der Waals surface area contributed by atoms with Crippen LogP contribution in [-0.2, 0) is 13.2 Å². The molecule has 5 nitrogen and oxygen atoms in total. The number of halogens is 1. The van der Waals surface area contributed by atoms with E-state index in [4.69, 9.17) is 21.1 Å². The molecule has 0 aliphatic carbocycles. The van der Waals surface area contributed by atoms with E-state index in [1.54, 1.807) is 30.5 Å². The molecule has 0 aliphatic heterocycles. The molecular weight excluding hydrogens is 460 g/mol. The lowest BCUT2D eigenvalue weighted by molar-refractivity contribution is 0.0955. The van der Waals surface area contributed by atoms with E-state index >= 15 is 0 Å². The molecule has 0 saturated carbocycles. The number of carbonyl (C=O) groups is 1. The number of benzene rings is 4. The minimum atomic E-state index is -0.304. The number of hydrazone groups is 1. The summed E-state index contributed by atoms with van der Waals surface area (Å²) in [6, 6.07) is 30.1. The van der Waals surface area contributed by atoms with E-state index < -0.39 is 0 Å². The maximum atomic E-state index is 12.4. The Kier molecular flexibility index (Phi) is 8.15. The molecule has 0 aliphatic rings. The first-order chi connectivity index (χ1) is 17.0. The third-order valence-corrected chi connectivity index (χ3v) is 5.45. The number of nitrogens with one attached hydrogen (secondary N) is 1. The van der Waals surface area contributed by atoms with Crippen molar-refractivity contribution in [2.24, 2.45) is 5.10 Å². The molecule has 0 bridgehead atoms. The molecule has 4 rings (SSSR count). The molecule has 4 aromatic rings. The Hall–Kier alpha value is -4.09. The van der Waals surface area contributed by atoms with Crippen LogP contribution in [0.1, 0.15) is 32.6 Å². The predicted octanol–water partition coefficient (Wildman–Crippen LogP) is 6.57. The number of amides is 1. The average molecular weight is 485 g/mol. The second-order valence-electron chi connectivity index (χ2n) is 7.99. The minimum Gasteiger partial charge on any atom is -0.489 e. The lowest BCUT2D eigenvalue weighted by atomic mass is 10.2. The Bertz CT molecular complexity index is 1290. The Morgan fingerprint density at radius 3 is 2.14 bits per heavy atom. The average Bonchev–Trinajstić information content (AvgIpc) is 2.88. The highest BCUT2D eigenvalue weighted by molar-refractivity contribution is 6.30. The van der Waals surface area contributed by atoms with Gasteiger partial charge in [0.25, 0.3) is 5.91 Å². The van der Waals surface area contributed by atoms with Crippen molar-refractivity contribution in [3.8, 4) is 11.5 Å². The van der Waals surface area contributed by atoms with Crippen LogP contribution in [0.2, 0.25) is 5.02 Å². The zero-order chi connectivity index (χ0) is 24.5. The zero-order valence-electron chi connectivity index (χ0n) is 19.3.